The predicted octanol–water partition coefficient (Wildman–Crippen LogP) is -5.24. The van der Waals surface area contributed by atoms with E-state index in [1.807, 2.05) is 0 Å². The molecule has 18 heteroatoms. The van der Waals surface area contributed by atoms with Gasteiger partial charge in [0, 0.05) is 0 Å². The lowest BCUT2D eigenvalue weighted by Crippen LogP contribution is -2.38. The molecular weight excluding hydrogens is 438 g/mol. The molecule has 0 saturated carbocycles. The second kappa shape index (κ2) is 13.5. The molecule has 0 aromatic rings. The van der Waals surface area contributed by atoms with Crippen molar-refractivity contribution in [2.24, 2.45) is 0 Å². The first-order valence-corrected chi connectivity index (χ1v) is 10.0. The highest BCUT2D eigenvalue weighted by atomic mass is 31.2. The minimum absolute atomic E-state index is 0.701. The van der Waals surface area contributed by atoms with Crippen molar-refractivity contribution in [3.8, 4) is 0 Å². The number of rotatable bonds is 12. The second-order valence-electron chi connectivity index (χ2n) is 4.85. The highest BCUT2D eigenvalue weighted by Gasteiger charge is 2.29. The molecule has 16 nitrogen and oxygen atoms in total. The molecule has 168 valence electrons. The number of Topliss-reactive ketones (excluding diaryl/α,β-unsaturated/α-hetero) is 2. The van der Waals surface area contributed by atoms with E-state index in [0.717, 1.165) is 0 Å². The summed E-state index contributed by atoms with van der Waals surface area (Å²) in [4.78, 5) is 54.5. The fourth-order valence-electron chi connectivity index (χ4n) is 1.12. The number of hydrogen-bond acceptors (Lipinski definition) is 12. The van der Waals surface area contributed by atoms with E-state index >= 15 is 0 Å². The first kappa shape index (κ1) is 29.5. The molecule has 0 saturated heterocycles. The Labute approximate surface area is 157 Å². The van der Waals surface area contributed by atoms with Gasteiger partial charge in [-0.15, -0.1) is 0 Å². The van der Waals surface area contributed by atoms with Gasteiger partial charge in [-0.3, -0.25) is 18.6 Å². The van der Waals surface area contributed by atoms with Gasteiger partial charge >= 0.3 is 15.6 Å². The summed E-state index contributed by atoms with van der Waals surface area (Å²) in [7, 11) is -9.77. The van der Waals surface area contributed by atoms with Gasteiger partial charge in [0.1, 0.15) is 37.6 Å². The third-order valence-corrected chi connectivity index (χ3v) is 3.47. The lowest BCUT2D eigenvalue weighted by Gasteiger charge is -2.17. The molecule has 0 aliphatic heterocycles. The maximum atomic E-state index is 11.0. The molecule has 0 aliphatic rings. The SMILES string of the molecule is O=C(CO)[C@H](O)[C@H](O)CO.O=C(COP(=O)(O)O)[C@H](O)[C@H](O)COP(=O)(O)O. The van der Waals surface area contributed by atoms with Gasteiger partial charge in [-0.2, -0.15) is 0 Å². The summed E-state index contributed by atoms with van der Waals surface area (Å²) < 4.78 is 28.1. The molecule has 0 fully saturated rings. The van der Waals surface area contributed by atoms with E-state index in [1.54, 1.807) is 0 Å². The average Bonchev–Trinajstić information content (AvgIpc) is 2.60. The molecule has 0 aromatic carbocycles. The van der Waals surface area contributed by atoms with E-state index in [2.05, 4.69) is 9.05 Å². The van der Waals surface area contributed by atoms with Crippen molar-refractivity contribution >= 4 is 27.2 Å². The van der Waals surface area contributed by atoms with Crippen LogP contribution in [0.25, 0.3) is 0 Å². The summed E-state index contributed by atoms with van der Waals surface area (Å²) in [6.07, 6.45) is -7.33. The van der Waals surface area contributed by atoms with Crippen molar-refractivity contribution in [2.75, 3.05) is 26.4 Å². The Morgan fingerprint density at radius 3 is 1.54 bits per heavy atom. The largest absolute Gasteiger partial charge is 0.470 e. The number of phosphoric acid groups is 2. The first-order chi connectivity index (χ1) is 12.6. The van der Waals surface area contributed by atoms with Crippen molar-refractivity contribution in [1.29, 1.82) is 0 Å². The smallest absolute Gasteiger partial charge is 0.394 e. The highest BCUT2D eigenvalue weighted by molar-refractivity contribution is 7.46. The van der Waals surface area contributed by atoms with E-state index in [-0.39, 0.29) is 0 Å². The third kappa shape index (κ3) is 15.3. The zero-order valence-corrected chi connectivity index (χ0v) is 15.7. The Balaban J connectivity index is 0. The van der Waals surface area contributed by atoms with Crippen LogP contribution in [0.3, 0.4) is 0 Å². The lowest BCUT2D eigenvalue weighted by atomic mass is 10.1. The standard InChI is InChI=1S/C5H12O11P2.C5H10O5/c6-3(1-15-17(9,10)11)5(8)4(7)2-16-18(12,13)14;6-1-3(8)5(10)4(9)2-7/h3,5-6,8H,1-2H2,(H2,9,10,11)(H2,12,13,14);3,5-8,10H,1-2H2/t2*3-,5-/m11/s1. The fraction of sp³-hybridized carbons (Fsp3) is 0.800. The van der Waals surface area contributed by atoms with Crippen LogP contribution in [-0.4, -0.2) is 113 Å². The molecular formula is C10H22O16P2. The van der Waals surface area contributed by atoms with Crippen molar-refractivity contribution in [1.82, 2.24) is 0 Å². The summed E-state index contributed by atoms with van der Waals surface area (Å²) in [5.74, 6) is -2.19. The monoisotopic (exact) mass is 460 g/mol. The van der Waals surface area contributed by atoms with Gasteiger partial charge in [0.25, 0.3) is 0 Å². The summed E-state index contributed by atoms with van der Waals surface area (Å²) in [5.41, 5.74) is 0. The molecule has 0 spiro atoms. The van der Waals surface area contributed by atoms with Gasteiger partial charge < -0.3 is 50.2 Å². The number of ketones is 2. The van der Waals surface area contributed by atoms with Crippen LogP contribution < -0.4 is 0 Å². The zero-order valence-electron chi connectivity index (χ0n) is 14.0. The molecule has 0 radical (unpaired) electrons. The Kier molecular flexibility index (Phi) is 14.3. The van der Waals surface area contributed by atoms with Crippen LogP contribution in [0.5, 0.6) is 0 Å². The van der Waals surface area contributed by atoms with Gasteiger partial charge in [0.05, 0.1) is 13.2 Å². The molecule has 0 heterocycles. The molecule has 0 bridgehead atoms. The number of carbonyl (C=O) groups is 2. The summed E-state index contributed by atoms with van der Waals surface area (Å²) >= 11 is 0. The van der Waals surface area contributed by atoms with Crippen molar-refractivity contribution < 1.29 is 78.0 Å². The first-order valence-electron chi connectivity index (χ1n) is 6.95. The van der Waals surface area contributed by atoms with Gasteiger partial charge in [-0.05, 0) is 0 Å². The zero-order chi connectivity index (χ0) is 22.7. The Morgan fingerprint density at radius 2 is 1.18 bits per heavy atom. The maximum Gasteiger partial charge on any atom is 0.470 e. The molecule has 4 atom stereocenters. The van der Waals surface area contributed by atoms with E-state index in [0.29, 0.717) is 0 Å². The fourth-order valence-corrected chi connectivity index (χ4v) is 1.76. The molecule has 0 rings (SSSR count). The van der Waals surface area contributed by atoms with Gasteiger partial charge in [0.15, 0.2) is 11.6 Å². The van der Waals surface area contributed by atoms with E-state index in [1.165, 1.54) is 0 Å². The minimum atomic E-state index is -4.90. The highest BCUT2D eigenvalue weighted by Crippen LogP contribution is 2.36. The minimum Gasteiger partial charge on any atom is -0.394 e. The number of carbonyl (C=O) groups excluding carboxylic acids is 2. The number of aliphatic hydroxyl groups excluding tert-OH is 6. The summed E-state index contributed by atoms with van der Waals surface area (Å²) in [5, 5.41) is 51.8. The van der Waals surface area contributed by atoms with Crippen LogP contribution in [0.15, 0.2) is 0 Å². The lowest BCUT2D eigenvalue weighted by molar-refractivity contribution is -0.137. The quantitative estimate of drug-likeness (QED) is 0.122. The van der Waals surface area contributed by atoms with E-state index in [9.17, 15) is 18.7 Å². The normalized spacial score (nSPS) is 16.4. The van der Waals surface area contributed by atoms with Crippen LogP contribution >= 0.6 is 15.6 Å². The second-order valence-corrected chi connectivity index (χ2v) is 7.33. The van der Waals surface area contributed by atoms with Gasteiger partial charge in [0.2, 0.25) is 0 Å². The van der Waals surface area contributed by atoms with Crippen LogP contribution in [0.1, 0.15) is 0 Å². The molecule has 0 aromatic heterocycles. The molecule has 0 aliphatic carbocycles. The average molecular weight is 460 g/mol. The van der Waals surface area contributed by atoms with Crippen LogP contribution in [0.4, 0.5) is 0 Å². The Hall–Kier alpha value is -0.680. The predicted molar refractivity (Wildman–Crippen MR) is 84.2 cm³/mol. The Morgan fingerprint density at radius 1 is 0.750 bits per heavy atom. The number of aliphatic hydroxyl groups is 6. The van der Waals surface area contributed by atoms with Gasteiger partial charge in [-0.25, -0.2) is 9.13 Å². The van der Waals surface area contributed by atoms with Gasteiger partial charge in [-0.1, -0.05) is 0 Å². The molecule has 0 unspecified atom stereocenters. The maximum absolute atomic E-state index is 11.0. The van der Waals surface area contributed by atoms with Crippen molar-refractivity contribution in [2.45, 2.75) is 24.4 Å². The number of phosphoric ester groups is 2. The van der Waals surface area contributed by atoms with Crippen LogP contribution in [0, 0.1) is 0 Å². The van der Waals surface area contributed by atoms with Crippen molar-refractivity contribution in [3.63, 3.8) is 0 Å². The Bertz CT molecular complexity index is 568. The van der Waals surface area contributed by atoms with E-state index < -0.39 is 78.1 Å². The number of hydrogen-bond donors (Lipinski definition) is 10. The van der Waals surface area contributed by atoms with Crippen LogP contribution in [-0.2, 0) is 27.8 Å². The summed E-state index contributed by atoms with van der Waals surface area (Å²) in [6.45, 7) is -3.77. The van der Waals surface area contributed by atoms with Crippen LogP contribution in [0.2, 0.25) is 0 Å². The molecule has 0 amide bonds. The summed E-state index contributed by atoms with van der Waals surface area (Å²) in [6, 6.07) is 0. The molecule has 28 heavy (non-hydrogen) atoms. The molecule has 10 N–H and O–H groups in total. The van der Waals surface area contributed by atoms with Crippen molar-refractivity contribution in [3.05, 3.63) is 0 Å². The van der Waals surface area contributed by atoms with E-state index in [4.69, 9.17) is 50.2 Å². The third-order valence-electron chi connectivity index (χ3n) is 2.52. The topological polar surface area (TPSA) is 289 Å².